The Kier molecular flexibility index (Phi) is 5.09. The second-order valence-corrected chi connectivity index (χ2v) is 4.26. The summed E-state index contributed by atoms with van der Waals surface area (Å²) < 4.78 is 10.2. The van der Waals surface area contributed by atoms with Gasteiger partial charge in [0.25, 0.3) is 0 Å². The molecule has 0 saturated carbocycles. The molecule has 0 aliphatic heterocycles. The molecule has 0 fully saturated rings. The van der Waals surface area contributed by atoms with E-state index in [1.807, 2.05) is 13.8 Å². The van der Waals surface area contributed by atoms with E-state index in [0.29, 0.717) is 24.6 Å². The normalized spacial score (nSPS) is 14.5. The summed E-state index contributed by atoms with van der Waals surface area (Å²) in [5, 5.41) is 12.5. The molecule has 17 heavy (non-hydrogen) atoms. The van der Waals surface area contributed by atoms with Crippen molar-refractivity contribution in [1.82, 2.24) is 10.1 Å². The van der Waals surface area contributed by atoms with Crippen LogP contribution in [0.3, 0.4) is 0 Å². The summed E-state index contributed by atoms with van der Waals surface area (Å²) in [7, 11) is 1.63. The third-order valence-corrected chi connectivity index (χ3v) is 2.43. The van der Waals surface area contributed by atoms with E-state index in [1.54, 1.807) is 7.11 Å². The number of rotatable bonds is 7. The number of carbonyl (C=O) groups is 1. The molecule has 6 heteroatoms. The second kappa shape index (κ2) is 6.34. The van der Waals surface area contributed by atoms with Crippen LogP contribution >= 0.6 is 0 Å². The van der Waals surface area contributed by atoms with Crippen LogP contribution in [-0.4, -0.2) is 34.4 Å². The molecule has 0 aliphatic rings. The number of aliphatic carboxylic acids is 1. The van der Waals surface area contributed by atoms with E-state index in [9.17, 15) is 4.79 Å². The second-order valence-electron chi connectivity index (χ2n) is 4.26. The maximum absolute atomic E-state index is 10.5. The Balaban J connectivity index is 2.47. The Bertz CT molecular complexity index is 364. The lowest BCUT2D eigenvalue weighted by Gasteiger charge is -2.04. The monoisotopic (exact) mass is 242 g/mol. The molecule has 2 atom stereocenters. The van der Waals surface area contributed by atoms with Gasteiger partial charge in [0.05, 0.1) is 6.10 Å². The molecule has 0 amide bonds. The van der Waals surface area contributed by atoms with Crippen molar-refractivity contribution in [2.24, 2.45) is 5.92 Å². The first-order valence-electron chi connectivity index (χ1n) is 5.57. The van der Waals surface area contributed by atoms with Crippen molar-refractivity contribution in [1.29, 1.82) is 0 Å². The van der Waals surface area contributed by atoms with Crippen molar-refractivity contribution in [2.45, 2.75) is 39.2 Å². The van der Waals surface area contributed by atoms with Crippen LogP contribution in [-0.2, 0) is 22.4 Å². The summed E-state index contributed by atoms with van der Waals surface area (Å²) in [6, 6.07) is 0. The first-order valence-corrected chi connectivity index (χ1v) is 5.57. The van der Waals surface area contributed by atoms with Gasteiger partial charge in [-0.3, -0.25) is 4.79 Å². The molecule has 0 aliphatic carbocycles. The average molecular weight is 242 g/mol. The van der Waals surface area contributed by atoms with Gasteiger partial charge in [-0.1, -0.05) is 12.1 Å². The van der Waals surface area contributed by atoms with Crippen molar-refractivity contribution in [3.05, 3.63) is 11.7 Å². The molecule has 0 spiro atoms. The minimum Gasteiger partial charge on any atom is -0.481 e. The van der Waals surface area contributed by atoms with Crippen molar-refractivity contribution in [3.8, 4) is 0 Å². The summed E-state index contributed by atoms with van der Waals surface area (Å²) in [6.07, 6.45) is 1.22. The molecule has 0 aromatic carbocycles. The topological polar surface area (TPSA) is 85.5 Å². The lowest BCUT2D eigenvalue weighted by molar-refractivity contribution is -0.137. The summed E-state index contributed by atoms with van der Waals surface area (Å²) in [5.74, 6) is 0.250. The third kappa shape index (κ3) is 4.95. The van der Waals surface area contributed by atoms with Crippen LogP contribution < -0.4 is 0 Å². The van der Waals surface area contributed by atoms with E-state index in [-0.39, 0.29) is 18.4 Å². The third-order valence-electron chi connectivity index (χ3n) is 2.43. The van der Waals surface area contributed by atoms with Crippen molar-refractivity contribution in [3.63, 3.8) is 0 Å². The predicted molar refractivity (Wildman–Crippen MR) is 59.6 cm³/mol. The molecule has 0 saturated heterocycles. The van der Waals surface area contributed by atoms with Gasteiger partial charge in [0.15, 0.2) is 5.82 Å². The Morgan fingerprint density at radius 1 is 1.47 bits per heavy atom. The van der Waals surface area contributed by atoms with Gasteiger partial charge in [-0.05, 0) is 12.8 Å². The minimum atomic E-state index is -0.815. The number of nitrogens with zero attached hydrogens (tertiary/aromatic N) is 2. The molecule has 1 aromatic heterocycles. The molecule has 96 valence electrons. The van der Waals surface area contributed by atoms with Crippen molar-refractivity contribution < 1.29 is 19.2 Å². The van der Waals surface area contributed by atoms with E-state index in [2.05, 4.69) is 10.1 Å². The van der Waals surface area contributed by atoms with Gasteiger partial charge in [-0.2, -0.15) is 4.98 Å². The number of ether oxygens (including phenoxy) is 1. The molecule has 0 bridgehead atoms. The van der Waals surface area contributed by atoms with Gasteiger partial charge in [-0.15, -0.1) is 0 Å². The van der Waals surface area contributed by atoms with E-state index in [4.69, 9.17) is 14.4 Å². The van der Waals surface area contributed by atoms with E-state index >= 15 is 0 Å². The number of carboxylic acids is 1. The number of methoxy groups -OCH3 is 1. The quantitative estimate of drug-likeness (QED) is 0.775. The highest BCUT2D eigenvalue weighted by atomic mass is 16.5. The first-order chi connectivity index (χ1) is 8.01. The Labute approximate surface area is 100.0 Å². The molecule has 1 N–H and O–H groups in total. The van der Waals surface area contributed by atoms with Crippen LogP contribution in [0.15, 0.2) is 4.52 Å². The number of aromatic nitrogens is 2. The molecule has 6 nitrogen and oxygen atoms in total. The maximum Gasteiger partial charge on any atom is 0.303 e. The highest BCUT2D eigenvalue weighted by Crippen LogP contribution is 2.11. The van der Waals surface area contributed by atoms with Crippen LogP contribution in [0.1, 0.15) is 32.0 Å². The Morgan fingerprint density at radius 2 is 2.18 bits per heavy atom. The largest absolute Gasteiger partial charge is 0.481 e. The molecule has 0 radical (unpaired) electrons. The smallest absolute Gasteiger partial charge is 0.303 e. The lowest BCUT2D eigenvalue weighted by Crippen LogP contribution is -2.10. The van der Waals surface area contributed by atoms with Gasteiger partial charge >= 0.3 is 5.97 Å². The summed E-state index contributed by atoms with van der Waals surface area (Å²) in [6.45, 7) is 3.76. The molecule has 1 heterocycles. The van der Waals surface area contributed by atoms with Gasteiger partial charge in [0.1, 0.15) is 0 Å². The van der Waals surface area contributed by atoms with Crippen LogP contribution in [0, 0.1) is 5.92 Å². The predicted octanol–water partition coefficient (Wildman–Crippen LogP) is 1.30. The number of hydrogen-bond acceptors (Lipinski definition) is 5. The van der Waals surface area contributed by atoms with Gasteiger partial charge < -0.3 is 14.4 Å². The molecular weight excluding hydrogens is 224 g/mol. The Morgan fingerprint density at radius 3 is 2.76 bits per heavy atom. The van der Waals surface area contributed by atoms with Gasteiger partial charge in [0.2, 0.25) is 5.89 Å². The zero-order chi connectivity index (χ0) is 12.8. The fraction of sp³-hybridized carbons (Fsp3) is 0.727. The van der Waals surface area contributed by atoms with Crippen LogP contribution in [0.4, 0.5) is 0 Å². The van der Waals surface area contributed by atoms with Crippen LogP contribution in [0.25, 0.3) is 0 Å². The summed E-state index contributed by atoms with van der Waals surface area (Å²) >= 11 is 0. The van der Waals surface area contributed by atoms with Crippen LogP contribution in [0.5, 0.6) is 0 Å². The lowest BCUT2D eigenvalue weighted by atomic mass is 10.0. The van der Waals surface area contributed by atoms with E-state index < -0.39 is 5.97 Å². The fourth-order valence-electron chi connectivity index (χ4n) is 1.46. The standard InChI is InChI=1S/C11H18N2O4/c1-7(5-11(14)15)4-10-12-9(13-17-10)6-8(2)16-3/h7-8H,4-6H2,1-3H3,(H,14,15). The Hall–Kier alpha value is -1.43. The van der Waals surface area contributed by atoms with Gasteiger partial charge in [-0.25, -0.2) is 0 Å². The molecule has 1 rings (SSSR count). The van der Waals surface area contributed by atoms with Gasteiger partial charge in [0, 0.05) is 26.4 Å². The first kappa shape index (κ1) is 13.6. The zero-order valence-electron chi connectivity index (χ0n) is 10.3. The molecule has 2 unspecified atom stereocenters. The van der Waals surface area contributed by atoms with Crippen molar-refractivity contribution in [2.75, 3.05) is 7.11 Å². The minimum absolute atomic E-state index is 0.0133. The summed E-state index contributed by atoms with van der Waals surface area (Å²) in [4.78, 5) is 14.7. The molecule has 1 aromatic rings. The highest BCUT2D eigenvalue weighted by molar-refractivity contribution is 5.66. The maximum atomic E-state index is 10.5. The average Bonchev–Trinajstić information content (AvgIpc) is 2.63. The highest BCUT2D eigenvalue weighted by Gasteiger charge is 2.14. The number of carboxylic acid groups (broad SMARTS) is 1. The van der Waals surface area contributed by atoms with Crippen molar-refractivity contribution >= 4 is 5.97 Å². The van der Waals surface area contributed by atoms with E-state index in [1.165, 1.54) is 0 Å². The SMILES string of the molecule is COC(C)Cc1noc(CC(C)CC(=O)O)n1. The van der Waals surface area contributed by atoms with Crippen LogP contribution in [0.2, 0.25) is 0 Å². The van der Waals surface area contributed by atoms with E-state index in [0.717, 1.165) is 0 Å². The molecular formula is C11H18N2O4. The number of hydrogen-bond donors (Lipinski definition) is 1. The summed E-state index contributed by atoms with van der Waals surface area (Å²) in [5.41, 5.74) is 0. The fourth-order valence-corrected chi connectivity index (χ4v) is 1.46. The zero-order valence-corrected chi connectivity index (χ0v) is 10.3.